The van der Waals surface area contributed by atoms with Crippen molar-refractivity contribution in [3.05, 3.63) is 82.2 Å². The first-order valence-corrected chi connectivity index (χ1v) is 9.50. The number of phenols is 2. The lowest BCUT2D eigenvalue weighted by Crippen LogP contribution is -2.10. The number of aromatic nitrogens is 1. The number of benzene rings is 2. The van der Waals surface area contributed by atoms with Crippen LogP contribution in [0.2, 0.25) is 0 Å². The maximum absolute atomic E-state index is 14.0. The van der Waals surface area contributed by atoms with Crippen molar-refractivity contribution in [2.24, 2.45) is 0 Å². The Hall–Kier alpha value is -4.34. The van der Waals surface area contributed by atoms with Gasteiger partial charge < -0.3 is 14.6 Å². The van der Waals surface area contributed by atoms with E-state index in [9.17, 15) is 33.5 Å². The topological polar surface area (TPSA) is 110 Å². The molecule has 0 spiro atoms. The molecule has 4 aromatic rings. The van der Waals surface area contributed by atoms with Gasteiger partial charge in [-0.15, -0.1) is 0 Å². The molecular weight excluding hydrogens is 441 g/mol. The van der Waals surface area contributed by atoms with Crippen molar-refractivity contribution in [2.45, 2.75) is 13.1 Å². The van der Waals surface area contributed by atoms with E-state index in [0.717, 1.165) is 24.5 Å². The van der Waals surface area contributed by atoms with Crippen LogP contribution in [0.3, 0.4) is 0 Å². The lowest BCUT2D eigenvalue weighted by Gasteiger charge is -2.16. The Morgan fingerprint density at radius 3 is 2.33 bits per heavy atom. The highest BCUT2D eigenvalue weighted by atomic mass is 19.4. The van der Waals surface area contributed by atoms with Crippen LogP contribution in [0.25, 0.3) is 33.7 Å². The summed E-state index contributed by atoms with van der Waals surface area (Å²) in [5, 5.41) is 30.7. The summed E-state index contributed by atoms with van der Waals surface area (Å²) in [7, 11) is 0. The van der Waals surface area contributed by atoms with Gasteiger partial charge in [-0.2, -0.15) is 13.2 Å². The van der Waals surface area contributed by atoms with Crippen molar-refractivity contribution < 1.29 is 32.7 Å². The third-order valence-electron chi connectivity index (χ3n) is 4.95. The Morgan fingerprint density at radius 1 is 1.00 bits per heavy atom. The molecule has 0 aliphatic rings. The fourth-order valence-corrected chi connectivity index (χ4v) is 3.48. The van der Waals surface area contributed by atoms with Crippen LogP contribution < -0.4 is 0 Å². The number of nitro benzene ring substituents is 1. The van der Waals surface area contributed by atoms with Gasteiger partial charge in [-0.25, -0.2) is 0 Å². The van der Waals surface area contributed by atoms with Crippen molar-refractivity contribution in [1.82, 2.24) is 4.98 Å². The van der Waals surface area contributed by atoms with E-state index >= 15 is 0 Å². The summed E-state index contributed by atoms with van der Waals surface area (Å²) in [4.78, 5) is 14.6. The summed E-state index contributed by atoms with van der Waals surface area (Å²) < 4.78 is 47.4. The van der Waals surface area contributed by atoms with Crippen LogP contribution in [0, 0.1) is 17.0 Å². The Morgan fingerprint density at radius 2 is 1.70 bits per heavy atom. The molecule has 0 saturated carbocycles. The number of alkyl halides is 3. The fraction of sp³-hybridized carbons (Fsp3) is 0.0870. The van der Waals surface area contributed by atoms with Gasteiger partial charge in [0.05, 0.1) is 28.0 Å². The van der Waals surface area contributed by atoms with E-state index in [1.807, 2.05) is 0 Å². The Kier molecular flexibility index (Phi) is 5.28. The zero-order valence-corrected chi connectivity index (χ0v) is 16.9. The average Bonchev–Trinajstić information content (AvgIpc) is 3.24. The van der Waals surface area contributed by atoms with Gasteiger partial charge in [0, 0.05) is 22.9 Å². The fourth-order valence-electron chi connectivity index (χ4n) is 3.48. The summed E-state index contributed by atoms with van der Waals surface area (Å²) in [6.45, 7) is 1.46. The van der Waals surface area contributed by atoms with Crippen molar-refractivity contribution in [1.29, 1.82) is 0 Å². The number of aryl methyl sites for hydroxylation is 1. The van der Waals surface area contributed by atoms with Crippen LogP contribution in [-0.4, -0.2) is 20.1 Å². The number of hydrogen-bond donors (Lipinski definition) is 2. The number of nitrogens with zero attached hydrogens (tertiary/aromatic N) is 2. The van der Waals surface area contributed by atoms with Gasteiger partial charge in [-0.3, -0.25) is 15.1 Å². The van der Waals surface area contributed by atoms with E-state index in [1.54, 1.807) is 30.3 Å². The Bertz CT molecular complexity index is 1360. The van der Waals surface area contributed by atoms with Gasteiger partial charge in [-0.1, -0.05) is 30.3 Å². The lowest BCUT2D eigenvalue weighted by atomic mass is 9.96. The smallest absolute Gasteiger partial charge is 0.417 e. The predicted molar refractivity (Wildman–Crippen MR) is 113 cm³/mol. The summed E-state index contributed by atoms with van der Waals surface area (Å²) >= 11 is 0. The molecule has 0 radical (unpaired) electrons. The number of halogens is 3. The van der Waals surface area contributed by atoms with Crippen LogP contribution in [-0.2, 0) is 6.18 Å². The molecular formula is C23H15F3N2O5. The minimum Gasteiger partial charge on any atom is -0.504 e. The normalized spacial score (nSPS) is 11.5. The Balaban J connectivity index is 1.94. The maximum Gasteiger partial charge on any atom is 0.417 e. The molecule has 10 heteroatoms. The van der Waals surface area contributed by atoms with Gasteiger partial charge in [-0.05, 0) is 30.7 Å². The summed E-state index contributed by atoms with van der Waals surface area (Å²) in [5.74, 6) is -1.83. The number of furan rings is 1. The van der Waals surface area contributed by atoms with Crippen molar-refractivity contribution in [3.63, 3.8) is 0 Å². The van der Waals surface area contributed by atoms with Crippen molar-refractivity contribution in [2.75, 3.05) is 0 Å². The van der Waals surface area contributed by atoms with E-state index in [1.165, 1.54) is 13.0 Å². The standard InChI is InChI=1S/C23H15F3N2O5/c1-12-7-16(23(24,25)26)20(21(27-12)13-5-3-2-4-6-13)19-10-15(11-33-19)14-8-17(28(31)32)22(30)18(29)9-14/h2-11,29-30H,1H3. The van der Waals surface area contributed by atoms with Crippen LogP contribution in [0.15, 0.2) is 65.3 Å². The maximum atomic E-state index is 14.0. The molecule has 33 heavy (non-hydrogen) atoms. The molecule has 0 unspecified atom stereocenters. The zero-order chi connectivity index (χ0) is 23.9. The van der Waals surface area contributed by atoms with Gasteiger partial charge in [0.15, 0.2) is 5.75 Å². The molecule has 0 fully saturated rings. The van der Waals surface area contributed by atoms with E-state index in [0.29, 0.717) is 5.56 Å². The van der Waals surface area contributed by atoms with Gasteiger partial charge in [0.25, 0.3) is 0 Å². The van der Waals surface area contributed by atoms with Crippen LogP contribution in [0.1, 0.15) is 11.3 Å². The van der Waals surface area contributed by atoms with Crippen LogP contribution in [0.4, 0.5) is 18.9 Å². The molecule has 0 amide bonds. The molecule has 0 atom stereocenters. The zero-order valence-electron chi connectivity index (χ0n) is 16.9. The number of nitro groups is 1. The highest BCUT2D eigenvalue weighted by Gasteiger charge is 2.37. The highest BCUT2D eigenvalue weighted by Crippen LogP contribution is 2.45. The van der Waals surface area contributed by atoms with E-state index in [4.69, 9.17) is 4.42 Å². The van der Waals surface area contributed by atoms with E-state index in [2.05, 4.69) is 4.98 Å². The van der Waals surface area contributed by atoms with Crippen LogP contribution in [0.5, 0.6) is 11.5 Å². The number of rotatable bonds is 4. The predicted octanol–water partition coefficient (Wildman–Crippen LogP) is 6.32. The first-order valence-electron chi connectivity index (χ1n) is 9.50. The largest absolute Gasteiger partial charge is 0.504 e. The monoisotopic (exact) mass is 456 g/mol. The lowest BCUT2D eigenvalue weighted by molar-refractivity contribution is -0.385. The molecule has 168 valence electrons. The SMILES string of the molecule is Cc1cc(C(F)(F)F)c(-c2cc(-c3cc(O)c(O)c([N+](=O)[O-])c3)co2)c(-c2ccccc2)n1. The first-order chi connectivity index (χ1) is 15.6. The second-order valence-corrected chi connectivity index (χ2v) is 7.22. The highest BCUT2D eigenvalue weighted by molar-refractivity contribution is 5.84. The number of aromatic hydroxyl groups is 2. The van der Waals surface area contributed by atoms with Crippen molar-refractivity contribution in [3.8, 4) is 45.2 Å². The van der Waals surface area contributed by atoms with E-state index < -0.39 is 33.8 Å². The molecule has 2 aromatic heterocycles. The molecule has 2 aromatic carbocycles. The number of pyridine rings is 1. The molecule has 2 N–H and O–H groups in total. The minimum atomic E-state index is -4.71. The summed E-state index contributed by atoms with van der Waals surface area (Å²) in [6.07, 6.45) is -3.60. The number of phenolic OH excluding ortho intramolecular Hbond substituents is 2. The number of hydrogen-bond acceptors (Lipinski definition) is 6. The second-order valence-electron chi connectivity index (χ2n) is 7.22. The third-order valence-corrected chi connectivity index (χ3v) is 4.95. The van der Waals surface area contributed by atoms with Gasteiger partial charge in [0.2, 0.25) is 5.75 Å². The second kappa shape index (κ2) is 7.97. The molecule has 4 rings (SSSR count). The molecule has 0 saturated heterocycles. The molecule has 2 heterocycles. The van der Waals surface area contributed by atoms with Gasteiger partial charge in [0.1, 0.15) is 5.76 Å². The van der Waals surface area contributed by atoms with Crippen LogP contribution >= 0.6 is 0 Å². The summed E-state index contributed by atoms with van der Waals surface area (Å²) in [6, 6.07) is 12.5. The van der Waals surface area contributed by atoms with E-state index in [-0.39, 0.29) is 33.8 Å². The Labute approximate surface area is 184 Å². The van der Waals surface area contributed by atoms with Crippen molar-refractivity contribution >= 4 is 5.69 Å². The molecule has 0 bridgehead atoms. The third kappa shape index (κ3) is 4.10. The summed E-state index contributed by atoms with van der Waals surface area (Å²) in [5.41, 5.74) is -1.10. The quantitative estimate of drug-likeness (QED) is 0.211. The molecule has 0 aliphatic heterocycles. The molecule has 0 aliphatic carbocycles. The minimum absolute atomic E-state index is 0.0587. The first kappa shape index (κ1) is 21.9. The van der Waals surface area contributed by atoms with Gasteiger partial charge >= 0.3 is 11.9 Å². The average molecular weight is 456 g/mol. The molecule has 7 nitrogen and oxygen atoms in total.